The summed E-state index contributed by atoms with van der Waals surface area (Å²) in [5.74, 6) is 0. The SMILES string of the molecule is C=C1C=CC=CC1OO. The molecule has 2 heteroatoms. The molecular weight excluding hydrogens is 116 g/mol. The second kappa shape index (κ2) is 2.62. The van der Waals surface area contributed by atoms with E-state index in [2.05, 4.69) is 11.5 Å². The van der Waals surface area contributed by atoms with E-state index in [0.717, 1.165) is 5.57 Å². The zero-order valence-corrected chi connectivity index (χ0v) is 4.95. The molecule has 1 atom stereocenters. The van der Waals surface area contributed by atoms with Crippen molar-refractivity contribution in [1.82, 2.24) is 0 Å². The Labute approximate surface area is 53.7 Å². The van der Waals surface area contributed by atoms with E-state index in [9.17, 15) is 0 Å². The fourth-order valence-corrected chi connectivity index (χ4v) is 0.665. The standard InChI is InChI=1S/C7H8O2/c1-6-4-2-3-5-7(6)9-8/h2-5,7-8H,1H2. The number of allylic oxidation sites excluding steroid dienone is 2. The van der Waals surface area contributed by atoms with Crippen LogP contribution in [0.15, 0.2) is 36.5 Å². The molecule has 1 N–H and O–H groups in total. The molecule has 0 aliphatic heterocycles. The zero-order chi connectivity index (χ0) is 6.69. The molecule has 1 unspecified atom stereocenters. The lowest BCUT2D eigenvalue weighted by Crippen LogP contribution is -2.09. The summed E-state index contributed by atoms with van der Waals surface area (Å²) in [5, 5.41) is 8.22. The summed E-state index contributed by atoms with van der Waals surface area (Å²) in [6.07, 6.45) is 6.81. The normalized spacial score (nSPS) is 25.0. The quantitative estimate of drug-likeness (QED) is 0.424. The van der Waals surface area contributed by atoms with E-state index in [4.69, 9.17) is 5.26 Å². The Balaban J connectivity index is 2.66. The summed E-state index contributed by atoms with van der Waals surface area (Å²) in [7, 11) is 0. The molecule has 0 bridgehead atoms. The van der Waals surface area contributed by atoms with Crippen molar-refractivity contribution in [3.8, 4) is 0 Å². The Hall–Kier alpha value is -0.860. The first-order valence-corrected chi connectivity index (χ1v) is 2.68. The maximum Gasteiger partial charge on any atom is 0.136 e. The average molecular weight is 124 g/mol. The Kier molecular flexibility index (Phi) is 1.82. The number of hydrogen-bond acceptors (Lipinski definition) is 2. The predicted molar refractivity (Wildman–Crippen MR) is 34.9 cm³/mol. The lowest BCUT2D eigenvalue weighted by Gasteiger charge is -2.10. The minimum Gasteiger partial charge on any atom is -0.251 e. The monoisotopic (exact) mass is 124 g/mol. The second-order valence-corrected chi connectivity index (χ2v) is 1.84. The minimum atomic E-state index is -0.352. The first-order chi connectivity index (χ1) is 4.34. The van der Waals surface area contributed by atoms with E-state index in [-0.39, 0.29) is 6.10 Å². The van der Waals surface area contributed by atoms with Gasteiger partial charge in [-0.1, -0.05) is 24.8 Å². The third-order valence-electron chi connectivity index (χ3n) is 1.19. The van der Waals surface area contributed by atoms with Crippen LogP contribution in [0.3, 0.4) is 0 Å². The lowest BCUT2D eigenvalue weighted by atomic mass is 10.1. The lowest BCUT2D eigenvalue weighted by molar-refractivity contribution is -0.255. The van der Waals surface area contributed by atoms with Gasteiger partial charge < -0.3 is 0 Å². The first kappa shape index (κ1) is 6.26. The molecule has 48 valence electrons. The van der Waals surface area contributed by atoms with Crippen LogP contribution < -0.4 is 0 Å². The van der Waals surface area contributed by atoms with Gasteiger partial charge >= 0.3 is 0 Å². The summed E-state index contributed by atoms with van der Waals surface area (Å²) >= 11 is 0. The van der Waals surface area contributed by atoms with Gasteiger partial charge in [-0.25, -0.2) is 4.89 Å². The van der Waals surface area contributed by atoms with E-state index < -0.39 is 0 Å². The molecule has 0 aromatic rings. The zero-order valence-electron chi connectivity index (χ0n) is 4.95. The highest BCUT2D eigenvalue weighted by Crippen LogP contribution is 2.10. The van der Waals surface area contributed by atoms with Gasteiger partial charge in [-0.15, -0.1) is 0 Å². The van der Waals surface area contributed by atoms with Crippen molar-refractivity contribution in [3.63, 3.8) is 0 Å². The summed E-state index contributed by atoms with van der Waals surface area (Å²) in [6.45, 7) is 3.64. The first-order valence-electron chi connectivity index (χ1n) is 2.68. The van der Waals surface area contributed by atoms with Gasteiger partial charge in [0.2, 0.25) is 0 Å². The smallest absolute Gasteiger partial charge is 0.136 e. The van der Waals surface area contributed by atoms with Gasteiger partial charge in [0.25, 0.3) is 0 Å². The highest BCUT2D eigenvalue weighted by molar-refractivity contribution is 5.31. The molecule has 0 spiro atoms. The van der Waals surface area contributed by atoms with Crippen LogP contribution >= 0.6 is 0 Å². The van der Waals surface area contributed by atoms with Crippen LogP contribution in [0.4, 0.5) is 0 Å². The van der Waals surface area contributed by atoms with E-state index in [0.29, 0.717) is 0 Å². The van der Waals surface area contributed by atoms with Crippen molar-refractivity contribution < 1.29 is 10.1 Å². The average Bonchev–Trinajstić information content (AvgIpc) is 1.89. The highest BCUT2D eigenvalue weighted by atomic mass is 17.1. The fourth-order valence-electron chi connectivity index (χ4n) is 0.665. The molecule has 0 saturated carbocycles. The van der Waals surface area contributed by atoms with Crippen LogP contribution in [0.5, 0.6) is 0 Å². The Morgan fingerprint density at radius 1 is 1.56 bits per heavy atom. The summed E-state index contributed by atoms with van der Waals surface area (Å²) in [6, 6.07) is 0. The van der Waals surface area contributed by atoms with Crippen molar-refractivity contribution >= 4 is 0 Å². The molecule has 0 aromatic carbocycles. The van der Waals surface area contributed by atoms with E-state index in [1.54, 1.807) is 18.2 Å². The third kappa shape index (κ3) is 1.28. The molecule has 0 aromatic heterocycles. The van der Waals surface area contributed by atoms with E-state index in [1.807, 2.05) is 6.08 Å². The maximum atomic E-state index is 8.22. The summed E-state index contributed by atoms with van der Waals surface area (Å²) in [5.41, 5.74) is 0.764. The molecular formula is C7H8O2. The molecule has 2 nitrogen and oxygen atoms in total. The topological polar surface area (TPSA) is 29.5 Å². The van der Waals surface area contributed by atoms with Crippen LogP contribution in [0.25, 0.3) is 0 Å². The van der Waals surface area contributed by atoms with Crippen LogP contribution in [-0.2, 0) is 4.89 Å². The van der Waals surface area contributed by atoms with Gasteiger partial charge in [0.1, 0.15) is 6.10 Å². The number of rotatable bonds is 1. The minimum absolute atomic E-state index is 0.352. The molecule has 9 heavy (non-hydrogen) atoms. The molecule has 0 heterocycles. The maximum absolute atomic E-state index is 8.22. The summed E-state index contributed by atoms with van der Waals surface area (Å²) < 4.78 is 0. The van der Waals surface area contributed by atoms with Crippen LogP contribution in [0, 0.1) is 0 Å². The molecule has 0 radical (unpaired) electrons. The van der Waals surface area contributed by atoms with Crippen molar-refractivity contribution in [3.05, 3.63) is 36.5 Å². The van der Waals surface area contributed by atoms with Crippen molar-refractivity contribution in [2.75, 3.05) is 0 Å². The van der Waals surface area contributed by atoms with Crippen LogP contribution in [0.2, 0.25) is 0 Å². The Bertz CT molecular complexity index is 168. The fraction of sp³-hybridized carbons (Fsp3) is 0.143. The molecule has 0 fully saturated rings. The number of hydrogen-bond donors (Lipinski definition) is 1. The van der Waals surface area contributed by atoms with Gasteiger partial charge in [0.15, 0.2) is 0 Å². The predicted octanol–water partition coefficient (Wildman–Crippen LogP) is 1.53. The van der Waals surface area contributed by atoms with Crippen LogP contribution in [-0.4, -0.2) is 11.4 Å². The third-order valence-corrected chi connectivity index (χ3v) is 1.19. The second-order valence-electron chi connectivity index (χ2n) is 1.84. The van der Waals surface area contributed by atoms with Gasteiger partial charge in [0, 0.05) is 0 Å². The van der Waals surface area contributed by atoms with Crippen LogP contribution in [0.1, 0.15) is 0 Å². The van der Waals surface area contributed by atoms with Gasteiger partial charge in [0.05, 0.1) is 0 Å². The van der Waals surface area contributed by atoms with Crippen molar-refractivity contribution in [1.29, 1.82) is 0 Å². The molecule has 0 amide bonds. The largest absolute Gasteiger partial charge is 0.251 e. The summed E-state index contributed by atoms with van der Waals surface area (Å²) in [4.78, 5) is 4.07. The van der Waals surface area contributed by atoms with Crippen molar-refractivity contribution in [2.45, 2.75) is 6.10 Å². The van der Waals surface area contributed by atoms with Gasteiger partial charge in [-0.05, 0) is 11.6 Å². The Morgan fingerprint density at radius 3 is 2.78 bits per heavy atom. The molecule has 1 aliphatic rings. The molecule has 1 aliphatic carbocycles. The molecule has 1 rings (SSSR count). The van der Waals surface area contributed by atoms with E-state index in [1.165, 1.54) is 0 Å². The van der Waals surface area contributed by atoms with Crippen molar-refractivity contribution in [2.24, 2.45) is 0 Å². The highest BCUT2D eigenvalue weighted by Gasteiger charge is 2.07. The Morgan fingerprint density at radius 2 is 2.33 bits per heavy atom. The van der Waals surface area contributed by atoms with E-state index >= 15 is 0 Å². The van der Waals surface area contributed by atoms with Gasteiger partial charge in [-0.2, -0.15) is 0 Å². The molecule has 0 saturated heterocycles. The van der Waals surface area contributed by atoms with Gasteiger partial charge in [-0.3, -0.25) is 5.26 Å².